The highest BCUT2D eigenvalue weighted by Gasteiger charge is 2.25. The van der Waals surface area contributed by atoms with Crippen molar-refractivity contribution < 1.29 is 14.3 Å². The lowest BCUT2D eigenvalue weighted by Crippen LogP contribution is -2.27. The molecule has 86 valence electrons. The fourth-order valence-electron chi connectivity index (χ4n) is 2.24. The third-order valence-corrected chi connectivity index (χ3v) is 2.97. The van der Waals surface area contributed by atoms with E-state index in [1.807, 2.05) is 12.1 Å². The average molecular weight is 221 g/mol. The number of fused-ring (bicyclic) bond motifs is 1. The van der Waals surface area contributed by atoms with Crippen molar-refractivity contribution in [2.45, 2.75) is 18.9 Å². The molecule has 0 heterocycles. The van der Waals surface area contributed by atoms with Crippen LogP contribution in [0.15, 0.2) is 12.1 Å². The van der Waals surface area contributed by atoms with Gasteiger partial charge in [0.15, 0.2) is 11.5 Å². The lowest BCUT2D eigenvalue weighted by Gasteiger charge is -2.11. The Kier molecular flexibility index (Phi) is 2.99. The summed E-state index contributed by atoms with van der Waals surface area (Å²) in [5.74, 6) is 1.53. The predicted molar refractivity (Wildman–Crippen MR) is 59.9 cm³/mol. The van der Waals surface area contributed by atoms with Crippen molar-refractivity contribution in [3.8, 4) is 11.5 Å². The molecule has 1 aliphatic rings. The Hall–Kier alpha value is -1.71. The van der Waals surface area contributed by atoms with E-state index in [2.05, 4.69) is 5.32 Å². The van der Waals surface area contributed by atoms with Gasteiger partial charge in [0, 0.05) is 11.6 Å². The summed E-state index contributed by atoms with van der Waals surface area (Å²) in [5.41, 5.74) is 2.36. The third kappa shape index (κ3) is 1.71. The van der Waals surface area contributed by atoms with Gasteiger partial charge in [-0.25, -0.2) is 0 Å². The fraction of sp³-hybridized carbons (Fsp3) is 0.417. The van der Waals surface area contributed by atoms with E-state index in [0.717, 1.165) is 36.3 Å². The molecular formula is C12H15NO3. The lowest BCUT2D eigenvalue weighted by molar-refractivity contribution is -0.110. The Balaban J connectivity index is 2.34. The topological polar surface area (TPSA) is 47.6 Å². The molecule has 1 aromatic carbocycles. The third-order valence-electron chi connectivity index (χ3n) is 2.97. The van der Waals surface area contributed by atoms with Crippen molar-refractivity contribution >= 4 is 6.41 Å². The number of rotatable bonds is 4. The first-order valence-electron chi connectivity index (χ1n) is 5.22. The van der Waals surface area contributed by atoms with Crippen molar-refractivity contribution in [3.63, 3.8) is 0 Å². The van der Waals surface area contributed by atoms with Crippen molar-refractivity contribution in [1.82, 2.24) is 5.32 Å². The van der Waals surface area contributed by atoms with Gasteiger partial charge in [-0.2, -0.15) is 0 Å². The Morgan fingerprint density at radius 2 is 2.12 bits per heavy atom. The maximum atomic E-state index is 10.4. The van der Waals surface area contributed by atoms with E-state index < -0.39 is 0 Å². The highest BCUT2D eigenvalue weighted by atomic mass is 16.5. The van der Waals surface area contributed by atoms with E-state index in [0.29, 0.717) is 0 Å². The minimum atomic E-state index is 0.175. The summed E-state index contributed by atoms with van der Waals surface area (Å²) in [6.45, 7) is 0. The minimum absolute atomic E-state index is 0.175. The zero-order valence-corrected chi connectivity index (χ0v) is 9.45. The zero-order valence-electron chi connectivity index (χ0n) is 9.45. The molecule has 1 atom stereocenters. The summed E-state index contributed by atoms with van der Waals surface area (Å²) in [7, 11) is 3.26. The summed E-state index contributed by atoms with van der Waals surface area (Å²) in [6.07, 6.45) is 2.41. The van der Waals surface area contributed by atoms with E-state index in [1.54, 1.807) is 14.2 Å². The van der Waals surface area contributed by atoms with Crippen LogP contribution in [0.3, 0.4) is 0 Å². The zero-order chi connectivity index (χ0) is 11.5. The van der Waals surface area contributed by atoms with Crippen LogP contribution in [0.2, 0.25) is 0 Å². The van der Waals surface area contributed by atoms with Crippen LogP contribution in [0.4, 0.5) is 0 Å². The highest BCUT2D eigenvalue weighted by Crippen LogP contribution is 2.38. The second kappa shape index (κ2) is 4.43. The van der Waals surface area contributed by atoms with Crippen LogP contribution >= 0.6 is 0 Å². The molecule has 1 aliphatic carbocycles. The van der Waals surface area contributed by atoms with Crippen molar-refractivity contribution in [1.29, 1.82) is 0 Å². The van der Waals surface area contributed by atoms with Gasteiger partial charge in [-0.05, 0) is 24.5 Å². The van der Waals surface area contributed by atoms with E-state index in [1.165, 1.54) is 5.56 Å². The van der Waals surface area contributed by atoms with Crippen LogP contribution in [-0.4, -0.2) is 26.7 Å². The van der Waals surface area contributed by atoms with E-state index in [9.17, 15) is 4.79 Å². The molecule has 0 spiro atoms. The normalized spacial score (nSPS) is 17.8. The van der Waals surface area contributed by atoms with Crippen molar-refractivity contribution in [3.05, 3.63) is 23.3 Å². The van der Waals surface area contributed by atoms with Crippen LogP contribution in [0, 0.1) is 0 Å². The Labute approximate surface area is 94.6 Å². The van der Waals surface area contributed by atoms with Crippen LogP contribution < -0.4 is 14.8 Å². The van der Waals surface area contributed by atoms with Crippen LogP contribution in [0.1, 0.15) is 11.1 Å². The summed E-state index contributed by atoms with van der Waals surface area (Å²) < 4.78 is 10.6. The van der Waals surface area contributed by atoms with Crippen LogP contribution in [0.25, 0.3) is 0 Å². The first-order valence-corrected chi connectivity index (χ1v) is 5.22. The first-order chi connectivity index (χ1) is 7.80. The summed E-state index contributed by atoms with van der Waals surface area (Å²) in [6, 6.07) is 4.11. The molecule has 0 bridgehead atoms. The van der Waals surface area contributed by atoms with Gasteiger partial charge in [-0.15, -0.1) is 0 Å². The molecule has 0 radical (unpaired) electrons. The van der Waals surface area contributed by atoms with Gasteiger partial charge in [0.1, 0.15) is 0 Å². The molecule has 0 saturated carbocycles. The number of hydrogen-bond acceptors (Lipinski definition) is 3. The average Bonchev–Trinajstić information content (AvgIpc) is 2.70. The standard InChI is InChI=1S/C12H15NO3/c1-15-11-4-3-8-5-9(13-7-14)6-10(8)12(11)16-2/h3-4,7,9H,5-6H2,1-2H3,(H,13,14). The molecule has 1 amide bonds. The van der Waals surface area contributed by atoms with E-state index in [-0.39, 0.29) is 6.04 Å². The summed E-state index contributed by atoms with van der Waals surface area (Å²) in [4.78, 5) is 10.4. The SMILES string of the molecule is COc1ccc2c(c1OC)CC(NC=O)C2. The van der Waals surface area contributed by atoms with Crippen LogP contribution in [-0.2, 0) is 17.6 Å². The van der Waals surface area contributed by atoms with Gasteiger partial charge in [0.2, 0.25) is 6.41 Å². The fourth-order valence-corrected chi connectivity index (χ4v) is 2.24. The summed E-state index contributed by atoms with van der Waals surface area (Å²) >= 11 is 0. The smallest absolute Gasteiger partial charge is 0.207 e. The number of methoxy groups -OCH3 is 2. The van der Waals surface area contributed by atoms with Crippen molar-refractivity contribution in [2.75, 3.05) is 14.2 Å². The highest BCUT2D eigenvalue weighted by molar-refractivity contribution is 5.55. The van der Waals surface area contributed by atoms with Crippen molar-refractivity contribution in [2.24, 2.45) is 0 Å². The first kappa shape index (κ1) is 10.8. The van der Waals surface area contributed by atoms with Gasteiger partial charge < -0.3 is 14.8 Å². The van der Waals surface area contributed by atoms with Gasteiger partial charge in [-0.3, -0.25) is 4.79 Å². The number of ether oxygens (including phenoxy) is 2. The Bertz CT molecular complexity index is 403. The number of carbonyl (C=O) groups excluding carboxylic acids is 1. The van der Waals surface area contributed by atoms with E-state index in [4.69, 9.17) is 9.47 Å². The quantitative estimate of drug-likeness (QED) is 0.769. The molecule has 0 fully saturated rings. The monoisotopic (exact) mass is 221 g/mol. The molecule has 1 aromatic rings. The number of nitrogens with one attached hydrogen (secondary N) is 1. The lowest BCUT2D eigenvalue weighted by atomic mass is 10.1. The molecule has 0 aliphatic heterocycles. The molecule has 4 nitrogen and oxygen atoms in total. The Morgan fingerprint density at radius 1 is 1.31 bits per heavy atom. The minimum Gasteiger partial charge on any atom is -0.493 e. The number of hydrogen-bond donors (Lipinski definition) is 1. The summed E-state index contributed by atoms with van der Waals surface area (Å²) in [5, 5.41) is 2.80. The molecule has 16 heavy (non-hydrogen) atoms. The largest absolute Gasteiger partial charge is 0.493 e. The van der Waals surface area contributed by atoms with Gasteiger partial charge in [0.25, 0.3) is 0 Å². The van der Waals surface area contributed by atoms with Gasteiger partial charge in [-0.1, -0.05) is 6.07 Å². The maximum absolute atomic E-state index is 10.4. The van der Waals surface area contributed by atoms with E-state index >= 15 is 0 Å². The molecule has 1 N–H and O–H groups in total. The maximum Gasteiger partial charge on any atom is 0.207 e. The molecule has 0 saturated heterocycles. The number of benzene rings is 1. The molecule has 4 heteroatoms. The number of carbonyl (C=O) groups is 1. The Morgan fingerprint density at radius 3 is 2.75 bits per heavy atom. The second-order valence-corrected chi connectivity index (χ2v) is 3.83. The molecular weight excluding hydrogens is 206 g/mol. The molecule has 1 unspecified atom stereocenters. The number of amides is 1. The van der Waals surface area contributed by atoms with Gasteiger partial charge in [0.05, 0.1) is 14.2 Å². The molecule has 2 rings (SSSR count). The molecule has 0 aromatic heterocycles. The second-order valence-electron chi connectivity index (χ2n) is 3.83. The predicted octanol–water partition coefficient (Wildman–Crippen LogP) is 0.917. The van der Waals surface area contributed by atoms with Gasteiger partial charge >= 0.3 is 0 Å². The van der Waals surface area contributed by atoms with Crippen LogP contribution in [0.5, 0.6) is 11.5 Å².